The maximum Gasteiger partial charge on any atom is 0.380 e. The maximum atomic E-state index is 12.6. The lowest BCUT2D eigenvalue weighted by Gasteiger charge is -2.06. The first-order valence-corrected chi connectivity index (χ1v) is 8.45. The number of ether oxygens (including phenoxy) is 1. The highest BCUT2D eigenvalue weighted by Crippen LogP contribution is 2.19. The second-order valence-electron chi connectivity index (χ2n) is 6.13. The van der Waals surface area contributed by atoms with Crippen LogP contribution in [0.2, 0.25) is 0 Å². The van der Waals surface area contributed by atoms with Crippen LogP contribution in [0.15, 0.2) is 54.6 Å². The molecule has 0 aliphatic carbocycles. The van der Waals surface area contributed by atoms with Crippen LogP contribution in [-0.2, 0) is 16.1 Å². The van der Waals surface area contributed by atoms with Crippen LogP contribution in [0.25, 0.3) is 5.69 Å². The van der Waals surface area contributed by atoms with Crippen LogP contribution in [0.1, 0.15) is 27.3 Å². The first kappa shape index (κ1) is 19.0. The fourth-order valence-corrected chi connectivity index (χ4v) is 2.87. The number of para-hydroxylation sites is 1. The third-order valence-corrected chi connectivity index (χ3v) is 4.20. The summed E-state index contributed by atoms with van der Waals surface area (Å²) in [6.07, 6.45) is 0. The lowest BCUT2D eigenvalue weighted by atomic mass is 10.1. The highest BCUT2D eigenvalue weighted by molar-refractivity contribution is 6.41. The summed E-state index contributed by atoms with van der Waals surface area (Å²) in [4.78, 5) is 35.1. The minimum Gasteiger partial charge on any atom is -0.455 e. The minimum absolute atomic E-state index is 0.115. The van der Waals surface area contributed by atoms with Gasteiger partial charge in [0.25, 0.3) is 11.5 Å². The van der Waals surface area contributed by atoms with Crippen molar-refractivity contribution in [2.24, 2.45) is 0 Å². The quantitative estimate of drug-likeness (QED) is 0.214. The van der Waals surface area contributed by atoms with E-state index in [1.807, 2.05) is 30.3 Å². The van der Waals surface area contributed by atoms with E-state index in [-0.39, 0.29) is 17.9 Å². The Hall–Kier alpha value is -3.81. The van der Waals surface area contributed by atoms with Crippen molar-refractivity contribution in [2.45, 2.75) is 20.5 Å². The molecule has 0 atom stereocenters. The number of aryl methyl sites for hydroxylation is 1. The standard InChI is InChI=1S/C20H17N3O5/c1-13-18(14(2)22(21-13)16-8-4-3-5-9-16)19(24)20(25)28-12-15-7-6-10-17(11-15)23(26)27/h3-11H,12H2,1-2H3. The maximum absolute atomic E-state index is 12.6. The van der Waals surface area contributed by atoms with Crippen molar-refractivity contribution in [3.05, 3.63) is 87.2 Å². The summed E-state index contributed by atoms with van der Waals surface area (Å²) >= 11 is 0. The Kier molecular flexibility index (Phi) is 5.30. The van der Waals surface area contributed by atoms with Gasteiger partial charge in [0.1, 0.15) is 6.61 Å². The smallest absolute Gasteiger partial charge is 0.380 e. The van der Waals surface area contributed by atoms with E-state index >= 15 is 0 Å². The highest BCUT2D eigenvalue weighted by atomic mass is 16.6. The molecule has 8 heteroatoms. The van der Waals surface area contributed by atoms with Crippen LogP contribution < -0.4 is 0 Å². The van der Waals surface area contributed by atoms with E-state index < -0.39 is 16.7 Å². The van der Waals surface area contributed by atoms with Gasteiger partial charge in [-0.2, -0.15) is 5.10 Å². The number of Topliss-reactive ketones (excluding diaryl/α,β-unsaturated/α-hetero) is 1. The Bertz CT molecular complexity index is 1060. The zero-order valence-electron chi connectivity index (χ0n) is 15.3. The molecule has 8 nitrogen and oxygen atoms in total. The number of nitrogens with zero attached hydrogens (tertiary/aromatic N) is 3. The monoisotopic (exact) mass is 379 g/mol. The fourth-order valence-electron chi connectivity index (χ4n) is 2.87. The second kappa shape index (κ2) is 7.83. The average molecular weight is 379 g/mol. The molecule has 1 aromatic heterocycles. The number of nitro benzene ring substituents is 1. The Morgan fingerprint density at radius 1 is 1.11 bits per heavy atom. The molecule has 2 aromatic carbocycles. The van der Waals surface area contributed by atoms with Gasteiger partial charge >= 0.3 is 5.97 Å². The molecular weight excluding hydrogens is 362 g/mol. The topological polar surface area (TPSA) is 104 Å². The summed E-state index contributed by atoms with van der Waals surface area (Å²) in [5.74, 6) is -1.84. The van der Waals surface area contributed by atoms with Gasteiger partial charge in [0.2, 0.25) is 0 Å². The van der Waals surface area contributed by atoms with Gasteiger partial charge in [0.15, 0.2) is 0 Å². The number of esters is 1. The predicted molar refractivity (Wildman–Crippen MR) is 100 cm³/mol. The molecule has 0 radical (unpaired) electrons. The van der Waals surface area contributed by atoms with Gasteiger partial charge < -0.3 is 4.74 Å². The van der Waals surface area contributed by atoms with Crippen LogP contribution in [0.4, 0.5) is 5.69 Å². The van der Waals surface area contributed by atoms with E-state index in [1.54, 1.807) is 24.6 Å². The Labute approximate surface area is 160 Å². The van der Waals surface area contributed by atoms with Crippen LogP contribution in [0, 0.1) is 24.0 Å². The van der Waals surface area contributed by atoms with Crippen molar-refractivity contribution < 1.29 is 19.2 Å². The van der Waals surface area contributed by atoms with Crippen molar-refractivity contribution >= 4 is 17.4 Å². The van der Waals surface area contributed by atoms with Gasteiger partial charge in [-0.15, -0.1) is 0 Å². The number of hydrogen-bond donors (Lipinski definition) is 0. The number of carbonyl (C=O) groups excluding carboxylic acids is 2. The van der Waals surface area contributed by atoms with Gasteiger partial charge in [0, 0.05) is 12.1 Å². The van der Waals surface area contributed by atoms with E-state index in [0.717, 1.165) is 5.69 Å². The summed E-state index contributed by atoms with van der Waals surface area (Å²) in [5, 5.41) is 15.2. The molecule has 0 unspecified atom stereocenters. The largest absolute Gasteiger partial charge is 0.455 e. The summed E-state index contributed by atoms with van der Waals surface area (Å²) in [6.45, 7) is 3.11. The first-order valence-electron chi connectivity index (χ1n) is 8.45. The number of aromatic nitrogens is 2. The minimum atomic E-state index is -1.04. The van der Waals surface area contributed by atoms with E-state index in [9.17, 15) is 19.7 Å². The number of ketones is 1. The summed E-state index contributed by atoms with van der Waals surface area (Å²) < 4.78 is 6.65. The lowest BCUT2D eigenvalue weighted by molar-refractivity contribution is -0.384. The second-order valence-corrected chi connectivity index (χ2v) is 6.13. The molecule has 0 saturated heterocycles. The number of carbonyl (C=O) groups is 2. The fraction of sp³-hybridized carbons (Fsp3) is 0.150. The van der Waals surface area contributed by atoms with Crippen LogP contribution in [-0.4, -0.2) is 26.5 Å². The van der Waals surface area contributed by atoms with E-state index in [0.29, 0.717) is 17.0 Å². The van der Waals surface area contributed by atoms with Crippen molar-refractivity contribution in [3.8, 4) is 5.69 Å². The molecule has 3 rings (SSSR count). The van der Waals surface area contributed by atoms with Crippen molar-refractivity contribution in [2.75, 3.05) is 0 Å². The zero-order chi connectivity index (χ0) is 20.3. The number of benzene rings is 2. The van der Waals surface area contributed by atoms with Crippen molar-refractivity contribution in [1.29, 1.82) is 0 Å². The van der Waals surface area contributed by atoms with E-state index in [2.05, 4.69) is 5.10 Å². The molecule has 0 saturated carbocycles. The Morgan fingerprint density at radius 2 is 1.82 bits per heavy atom. The van der Waals surface area contributed by atoms with Crippen LogP contribution in [0.3, 0.4) is 0 Å². The molecule has 142 valence electrons. The lowest BCUT2D eigenvalue weighted by Crippen LogP contribution is -2.19. The van der Waals surface area contributed by atoms with Crippen molar-refractivity contribution in [1.82, 2.24) is 9.78 Å². The molecule has 3 aromatic rings. The molecule has 0 amide bonds. The molecule has 0 spiro atoms. The summed E-state index contributed by atoms with van der Waals surface area (Å²) in [5.41, 5.74) is 2.21. The number of rotatable bonds is 6. The van der Waals surface area contributed by atoms with Gasteiger partial charge in [0.05, 0.1) is 27.6 Å². The van der Waals surface area contributed by atoms with Gasteiger partial charge in [-0.3, -0.25) is 14.9 Å². The molecule has 1 heterocycles. The molecule has 0 aliphatic rings. The summed E-state index contributed by atoms with van der Waals surface area (Å²) in [6, 6.07) is 14.9. The van der Waals surface area contributed by atoms with Gasteiger partial charge in [-0.1, -0.05) is 30.3 Å². The van der Waals surface area contributed by atoms with E-state index in [4.69, 9.17) is 4.74 Å². The average Bonchev–Trinajstić information content (AvgIpc) is 3.00. The molecule has 0 fully saturated rings. The molecule has 28 heavy (non-hydrogen) atoms. The SMILES string of the molecule is Cc1nn(-c2ccccc2)c(C)c1C(=O)C(=O)OCc1cccc([N+](=O)[O-])c1. The molecular formula is C20H17N3O5. The Balaban J connectivity index is 1.77. The first-order chi connectivity index (χ1) is 13.4. The third-order valence-electron chi connectivity index (χ3n) is 4.20. The van der Waals surface area contributed by atoms with Crippen LogP contribution >= 0.6 is 0 Å². The molecule has 0 bridgehead atoms. The third kappa shape index (κ3) is 3.80. The van der Waals surface area contributed by atoms with Gasteiger partial charge in [-0.05, 0) is 31.5 Å². The predicted octanol–water partition coefficient (Wildman–Crippen LogP) is 3.32. The molecule has 0 N–H and O–H groups in total. The number of non-ortho nitro benzene ring substituents is 1. The molecule has 0 aliphatic heterocycles. The number of hydrogen-bond acceptors (Lipinski definition) is 6. The number of nitro groups is 1. The summed E-state index contributed by atoms with van der Waals surface area (Å²) in [7, 11) is 0. The van der Waals surface area contributed by atoms with Crippen molar-refractivity contribution in [3.63, 3.8) is 0 Å². The Morgan fingerprint density at radius 3 is 2.50 bits per heavy atom. The van der Waals surface area contributed by atoms with Crippen LogP contribution in [0.5, 0.6) is 0 Å². The van der Waals surface area contributed by atoms with E-state index in [1.165, 1.54) is 18.2 Å². The zero-order valence-corrected chi connectivity index (χ0v) is 15.3. The normalized spacial score (nSPS) is 10.5. The highest BCUT2D eigenvalue weighted by Gasteiger charge is 2.26. The van der Waals surface area contributed by atoms with Gasteiger partial charge in [-0.25, -0.2) is 9.48 Å².